The lowest BCUT2D eigenvalue weighted by Gasteiger charge is -2.15. The normalized spacial score (nSPS) is 11.4. The Morgan fingerprint density at radius 3 is 1.51 bits per heavy atom. The molecule has 0 bridgehead atoms. The van der Waals surface area contributed by atoms with Crippen molar-refractivity contribution in [1.29, 1.82) is 0 Å². The van der Waals surface area contributed by atoms with Crippen LogP contribution in [0.15, 0.2) is 34.8 Å². The van der Waals surface area contributed by atoms with Crippen molar-refractivity contribution in [2.75, 3.05) is 20.1 Å². The molecule has 1 aromatic rings. The van der Waals surface area contributed by atoms with Crippen LogP contribution in [-0.2, 0) is 23.3 Å². The summed E-state index contributed by atoms with van der Waals surface area (Å²) in [4.78, 5) is 13.5. The zero-order chi connectivity index (χ0) is 33.1. The number of aryl methyl sites for hydroxylation is 1. The Labute approximate surface area is 248 Å². The van der Waals surface area contributed by atoms with E-state index in [0.717, 1.165) is 24.3 Å². The fourth-order valence-corrected chi connectivity index (χ4v) is 2.67. The van der Waals surface area contributed by atoms with Crippen molar-refractivity contribution in [3.05, 3.63) is 46.5 Å². The first-order valence-corrected chi connectivity index (χ1v) is 14.8. The molecule has 0 saturated carbocycles. The molecule has 242 valence electrons. The lowest BCUT2D eigenvalue weighted by Crippen LogP contribution is -2.14. The average molecular weight is 595 g/mol. The molecule has 41 heavy (non-hydrogen) atoms. The molecule has 0 aliphatic heterocycles. The fourth-order valence-electron chi connectivity index (χ4n) is 2.67. The average Bonchev–Trinajstić information content (AvgIpc) is 2.88. The minimum Gasteiger partial charge on any atom is -0.317 e. The number of alkyl halides is 5. The van der Waals surface area contributed by atoms with Gasteiger partial charge in [0.25, 0.3) is 5.92 Å². The predicted octanol–water partition coefficient (Wildman–Crippen LogP) is 11.0. The predicted molar refractivity (Wildman–Crippen MR) is 168 cm³/mol. The quantitative estimate of drug-likeness (QED) is 0.166. The number of unbranched alkanes of at least 4 members (excludes halogenated alkanes) is 2. The van der Waals surface area contributed by atoms with E-state index in [1.165, 1.54) is 64.6 Å². The number of allylic oxidation sites excluding steroid dienone is 2. The van der Waals surface area contributed by atoms with E-state index in [4.69, 9.17) is 0 Å². The maximum Gasteiger partial charge on any atom is 0.416 e. The molecule has 0 saturated heterocycles. The molecule has 0 aromatic heterocycles. The highest BCUT2D eigenvalue weighted by atomic mass is 19.4. The van der Waals surface area contributed by atoms with E-state index < -0.39 is 23.2 Å². The van der Waals surface area contributed by atoms with Gasteiger partial charge in [0, 0.05) is 25.2 Å². The smallest absolute Gasteiger partial charge is 0.317 e. The standard InChI is InChI=1S/C11H11F5.C8H15N.C6H15N.C5H12.C3H6O/c1-3-7-4-8(10(2,12)13)6-9(5-7)11(14,15)16;1-5-7(2)6-8(3)9-4;1-3-5-7-6-4-2;1-3-5-4-2;1-3(2)4/h4-6H,3H2,1-2H3;6H,5H2,1-4H3;7H,3-6H2,1-2H3;3-5H2,1-2H3;1-2H3/b;7-6+,9-8?;;;. The fraction of sp³-hybridized carbons (Fsp3) is 0.697. The van der Waals surface area contributed by atoms with Crippen LogP contribution in [0.25, 0.3) is 0 Å². The van der Waals surface area contributed by atoms with Crippen molar-refractivity contribution in [1.82, 2.24) is 5.32 Å². The van der Waals surface area contributed by atoms with Crippen LogP contribution >= 0.6 is 0 Å². The van der Waals surface area contributed by atoms with E-state index in [9.17, 15) is 26.7 Å². The number of hydrogen-bond donors (Lipinski definition) is 1. The van der Waals surface area contributed by atoms with Crippen molar-refractivity contribution >= 4 is 11.5 Å². The number of carbonyl (C=O) groups excluding carboxylic acids is 1. The number of nitrogens with zero attached hydrogens (tertiary/aromatic N) is 1. The Hall–Kier alpha value is -2.09. The van der Waals surface area contributed by atoms with Crippen molar-refractivity contribution in [2.24, 2.45) is 4.99 Å². The van der Waals surface area contributed by atoms with Crippen molar-refractivity contribution in [3.8, 4) is 0 Å². The summed E-state index contributed by atoms with van der Waals surface area (Å²) in [6.45, 7) is 22.7. The molecule has 0 radical (unpaired) electrons. The molecule has 1 aromatic carbocycles. The summed E-state index contributed by atoms with van der Waals surface area (Å²) in [5.41, 5.74) is 1.13. The van der Waals surface area contributed by atoms with Crippen molar-refractivity contribution in [3.63, 3.8) is 0 Å². The molecule has 0 aliphatic rings. The summed E-state index contributed by atoms with van der Waals surface area (Å²) in [5, 5.41) is 3.28. The summed E-state index contributed by atoms with van der Waals surface area (Å²) in [5.74, 6) is -3.09. The molecule has 0 heterocycles. The summed E-state index contributed by atoms with van der Waals surface area (Å²) < 4.78 is 63.2. The number of rotatable bonds is 10. The largest absolute Gasteiger partial charge is 0.416 e. The number of hydrogen-bond acceptors (Lipinski definition) is 3. The highest BCUT2D eigenvalue weighted by Crippen LogP contribution is 2.35. The first-order valence-electron chi connectivity index (χ1n) is 14.8. The molecule has 3 nitrogen and oxygen atoms in total. The van der Waals surface area contributed by atoms with Crippen LogP contribution in [0.2, 0.25) is 0 Å². The van der Waals surface area contributed by atoms with Gasteiger partial charge in [-0.25, -0.2) is 8.78 Å². The van der Waals surface area contributed by atoms with Gasteiger partial charge in [0.15, 0.2) is 0 Å². The summed E-state index contributed by atoms with van der Waals surface area (Å²) in [6, 6.07) is 2.50. The number of benzene rings is 1. The summed E-state index contributed by atoms with van der Waals surface area (Å²) in [6.07, 6.45) is 5.50. The Morgan fingerprint density at radius 1 is 0.805 bits per heavy atom. The van der Waals surface area contributed by atoms with E-state index in [0.29, 0.717) is 13.0 Å². The van der Waals surface area contributed by atoms with Crippen LogP contribution in [0.1, 0.15) is 131 Å². The van der Waals surface area contributed by atoms with Crippen LogP contribution < -0.4 is 5.32 Å². The van der Waals surface area contributed by atoms with Crippen LogP contribution in [-0.4, -0.2) is 31.6 Å². The monoisotopic (exact) mass is 594 g/mol. The maximum atomic E-state index is 13.0. The third-order valence-electron chi connectivity index (χ3n) is 5.16. The van der Waals surface area contributed by atoms with E-state index in [-0.39, 0.29) is 17.8 Å². The Morgan fingerprint density at radius 2 is 1.24 bits per heavy atom. The van der Waals surface area contributed by atoms with Crippen LogP contribution in [0.4, 0.5) is 22.0 Å². The van der Waals surface area contributed by atoms with Gasteiger partial charge < -0.3 is 10.1 Å². The van der Waals surface area contributed by atoms with Crippen molar-refractivity contribution in [2.45, 2.75) is 133 Å². The summed E-state index contributed by atoms with van der Waals surface area (Å²) >= 11 is 0. The topological polar surface area (TPSA) is 41.5 Å². The first-order chi connectivity index (χ1) is 18.9. The van der Waals surface area contributed by atoms with E-state index in [2.05, 4.69) is 57.9 Å². The highest BCUT2D eigenvalue weighted by molar-refractivity contribution is 5.93. The number of ketones is 1. The highest BCUT2D eigenvalue weighted by Gasteiger charge is 2.34. The van der Waals surface area contributed by atoms with Crippen LogP contribution in [0, 0.1) is 0 Å². The molecule has 0 fully saturated rings. The van der Waals surface area contributed by atoms with E-state index >= 15 is 0 Å². The van der Waals surface area contributed by atoms with Gasteiger partial charge in [0.05, 0.1) is 5.56 Å². The second kappa shape index (κ2) is 28.0. The molecule has 1 rings (SSSR count). The number of Topliss-reactive ketones (excluding diaryl/α,β-unsaturated/α-hetero) is 1. The summed E-state index contributed by atoms with van der Waals surface area (Å²) in [7, 11) is 1.81. The second-order valence-electron chi connectivity index (χ2n) is 9.88. The maximum absolute atomic E-state index is 13.0. The van der Waals surface area contributed by atoms with Gasteiger partial charge >= 0.3 is 6.18 Å². The molecule has 0 spiro atoms. The van der Waals surface area contributed by atoms with Gasteiger partial charge in [-0.3, -0.25) is 4.99 Å². The minimum absolute atomic E-state index is 0.167. The Bertz CT molecular complexity index is 784. The third kappa shape index (κ3) is 34.0. The molecule has 0 atom stereocenters. The van der Waals surface area contributed by atoms with Crippen molar-refractivity contribution < 1.29 is 26.7 Å². The van der Waals surface area contributed by atoms with Crippen LogP contribution in [0.5, 0.6) is 0 Å². The first kappa shape index (κ1) is 45.9. The molecule has 8 heteroatoms. The van der Waals surface area contributed by atoms with Gasteiger partial charge in [-0.15, -0.1) is 0 Å². The SMILES string of the molecule is CC(C)=O.CC/C(C)=C/C(C)=NC.CCCCC.CCCNCCC.CCc1cc(C(C)(F)F)cc(C(F)(F)F)c1. The third-order valence-corrected chi connectivity index (χ3v) is 5.16. The minimum atomic E-state index is -4.59. The second-order valence-corrected chi connectivity index (χ2v) is 9.88. The molecule has 1 N–H and O–H groups in total. The Kier molecular flexibility index (Phi) is 31.4. The lowest BCUT2D eigenvalue weighted by atomic mass is 10.0. The molecular formula is C33H59F5N2O. The molecule has 0 unspecified atom stereocenters. The number of aliphatic imine (C=N–C) groups is 1. The van der Waals surface area contributed by atoms with E-state index in [1.54, 1.807) is 6.92 Å². The van der Waals surface area contributed by atoms with Gasteiger partial charge in [0.2, 0.25) is 0 Å². The Balaban J connectivity index is -0.000000233. The molecule has 0 aliphatic carbocycles. The zero-order valence-corrected chi connectivity index (χ0v) is 27.9. The zero-order valence-electron chi connectivity index (χ0n) is 27.9. The number of nitrogens with one attached hydrogen (secondary N) is 1. The molecule has 0 amide bonds. The van der Waals surface area contributed by atoms with E-state index in [1.807, 2.05) is 14.0 Å². The van der Waals surface area contributed by atoms with Gasteiger partial charge in [-0.2, -0.15) is 13.2 Å². The molecular weight excluding hydrogens is 535 g/mol. The van der Waals surface area contributed by atoms with Gasteiger partial charge in [-0.05, 0) is 96.3 Å². The van der Waals surface area contributed by atoms with Gasteiger partial charge in [-0.1, -0.05) is 66.4 Å². The van der Waals surface area contributed by atoms with Gasteiger partial charge in [0.1, 0.15) is 5.78 Å². The lowest BCUT2D eigenvalue weighted by molar-refractivity contribution is -0.137. The van der Waals surface area contributed by atoms with Crippen LogP contribution in [0.3, 0.4) is 0 Å². The number of halogens is 5. The number of carbonyl (C=O) groups is 1.